The predicted octanol–water partition coefficient (Wildman–Crippen LogP) is 1.35. The zero-order valence-corrected chi connectivity index (χ0v) is 12.8. The monoisotopic (exact) mass is 268 g/mol. The highest BCUT2D eigenvalue weighted by molar-refractivity contribution is 5.11. The molecular weight excluding hydrogens is 240 g/mol. The van der Waals surface area contributed by atoms with Crippen molar-refractivity contribution in [2.24, 2.45) is 0 Å². The quantitative estimate of drug-likeness (QED) is 0.771. The number of ether oxygens (including phenoxy) is 2. The Morgan fingerprint density at radius 1 is 1.16 bits per heavy atom. The first-order valence-corrected chi connectivity index (χ1v) is 7.68. The zero-order chi connectivity index (χ0) is 13.7. The summed E-state index contributed by atoms with van der Waals surface area (Å²) in [5.41, 5.74) is 0.339. The Kier molecular flexibility index (Phi) is 3.41. The van der Waals surface area contributed by atoms with Crippen molar-refractivity contribution in [3.63, 3.8) is 0 Å². The molecule has 3 heterocycles. The van der Waals surface area contributed by atoms with Crippen LogP contribution in [0.25, 0.3) is 0 Å². The van der Waals surface area contributed by atoms with E-state index in [2.05, 4.69) is 37.5 Å². The minimum Gasteiger partial charge on any atom is -0.379 e. The van der Waals surface area contributed by atoms with Crippen molar-refractivity contribution in [2.45, 2.75) is 57.4 Å². The zero-order valence-electron chi connectivity index (χ0n) is 12.8. The van der Waals surface area contributed by atoms with Crippen LogP contribution in [-0.4, -0.2) is 72.5 Å². The molecule has 4 nitrogen and oxygen atoms in total. The van der Waals surface area contributed by atoms with Crippen LogP contribution in [0.3, 0.4) is 0 Å². The van der Waals surface area contributed by atoms with E-state index in [-0.39, 0.29) is 11.1 Å². The lowest BCUT2D eigenvalue weighted by molar-refractivity contribution is -0.298. The normalized spacial score (nSPS) is 32.4. The maximum Gasteiger partial charge on any atom is 0.0965 e. The number of hydrogen-bond acceptors (Lipinski definition) is 4. The summed E-state index contributed by atoms with van der Waals surface area (Å²) in [6.07, 6.45) is 1.61. The average Bonchev–Trinajstić information content (AvgIpc) is 2.25. The molecule has 0 radical (unpaired) electrons. The standard InChI is InChI=1S/C15H28N2O2/c1-12(2)16-10-15(11-16)9-13(19-15)14(3,4)17-5-7-18-8-6-17/h12-13H,5-11H2,1-4H3. The molecule has 0 aromatic rings. The van der Waals surface area contributed by atoms with Gasteiger partial charge in [0.2, 0.25) is 0 Å². The molecule has 1 spiro atoms. The largest absolute Gasteiger partial charge is 0.379 e. The lowest BCUT2D eigenvalue weighted by atomic mass is 9.74. The molecule has 19 heavy (non-hydrogen) atoms. The molecular formula is C15H28N2O2. The Morgan fingerprint density at radius 3 is 2.26 bits per heavy atom. The Bertz CT molecular complexity index is 323. The maximum atomic E-state index is 6.34. The Morgan fingerprint density at radius 2 is 1.74 bits per heavy atom. The molecule has 3 fully saturated rings. The smallest absolute Gasteiger partial charge is 0.0965 e. The predicted molar refractivity (Wildman–Crippen MR) is 75.4 cm³/mol. The molecule has 0 saturated carbocycles. The molecule has 0 amide bonds. The van der Waals surface area contributed by atoms with E-state index in [0.717, 1.165) is 39.4 Å². The van der Waals surface area contributed by atoms with Crippen molar-refractivity contribution in [3.8, 4) is 0 Å². The van der Waals surface area contributed by atoms with Gasteiger partial charge in [0.05, 0.1) is 24.9 Å². The highest BCUT2D eigenvalue weighted by Crippen LogP contribution is 2.46. The topological polar surface area (TPSA) is 24.9 Å². The number of nitrogens with zero attached hydrogens (tertiary/aromatic N) is 2. The number of morpholine rings is 1. The van der Waals surface area contributed by atoms with E-state index in [0.29, 0.717) is 12.1 Å². The molecule has 3 aliphatic heterocycles. The van der Waals surface area contributed by atoms with Gasteiger partial charge < -0.3 is 9.47 Å². The van der Waals surface area contributed by atoms with E-state index >= 15 is 0 Å². The molecule has 3 rings (SSSR count). The van der Waals surface area contributed by atoms with Crippen LogP contribution in [0.2, 0.25) is 0 Å². The second kappa shape index (κ2) is 4.69. The van der Waals surface area contributed by atoms with Crippen LogP contribution < -0.4 is 0 Å². The first-order valence-electron chi connectivity index (χ1n) is 7.68. The lowest BCUT2D eigenvalue weighted by Crippen LogP contribution is -2.76. The third kappa shape index (κ3) is 2.33. The van der Waals surface area contributed by atoms with Gasteiger partial charge in [-0.25, -0.2) is 0 Å². The van der Waals surface area contributed by atoms with Gasteiger partial charge in [-0.05, 0) is 27.7 Å². The van der Waals surface area contributed by atoms with Crippen LogP contribution in [0, 0.1) is 0 Å². The average molecular weight is 268 g/mol. The van der Waals surface area contributed by atoms with Crippen LogP contribution in [0.5, 0.6) is 0 Å². The van der Waals surface area contributed by atoms with E-state index in [1.807, 2.05) is 0 Å². The summed E-state index contributed by atoms with van der Waals surface area (Å²) >= 11 is 0. The highest BCUT2D eigenvalue weighted by atomic mass is 16.5. The van der Waals surface area contributed by atoms with Crippen LogP contribution in [-0.2, 0) is 9.47 Å². The fourth-order valence-corrected chi connectivity index (χ4v) is 3.63. The first kappa shape index (κ1) is 13.8. The molecule has 110 valence electrons. The second-order valence-corrected chi connectivity index (χ2v) is 7.25. The first-order chi connectivity index (χ1) is 8.93. The molecule has 0 aromatic heterocycles. The SMILES string of the molecule is CC(C)N1CC2(CC(C(C)(C)N3CCOCC3)O2)C1. The van der Waals surface area contributed by atoms with E-state index in [1.165, 1.54) is 6.42 Å². The van der Waals surface area contributed by atoms with E-state index in [1.54, 1.807) is 0 Å². The van der Waals surface area contributed by atoms with Crippen molar-refractivity contribution in [1.82, 2.24) is 9.80 Å². The summed E-state index contributed by atoms with van der Waals surface area (Å²) in [7, 11) is 0. The van der Waals surface area contributed by atoms with E-state index in [9.17, 15) is 0 Å². The third-order valence-electron chi connectivity index (χ3n) is 5.28. The molecule has 1 atom stereocenters. The van der Waals surface area contributed by atoms with Crippen molar-refractivity contribution < 1.29 is 9.47 Å². The lowest BCUT2D eigenvalue weighted by Gasteiger charge is -2.64. The molecule has 3 aliphatic rings. The van der Waals surface area contributed by atoms with Crippen LogP contribution in [0.15, 0.2) is 0 Å². The van der Waals surface area contributed by atoms with E-state index < -0.39 is 0 Å². The highest BCUT2D eigenvalue weighted by Gasteiger charge is 2.58. The fourth-order valence-electron chi connectivity index (χ4n) is 3.63. The summed E-state index contributed by atoms with van der Waals surface area (Å²) < 4.78 is 11.8. The molecule has 0 aliphatic carbocycles. The minimum atomic E-state index is 0.146. The second-order valence-electron chi connectivity index (χ2n) is 7.25. The number of likely N-dealkylation sites (tertiary alicyclic amines) is 1. The Balaban J connectivity index is 1.52. The summed E-state index contributed by atoms with van der Waals surface area (Å²) in [4.78, 5) is 5.03. The van der Waals surface area contributed by atoms with Gasteiger partial charge in [0.1, 0.15) is 0 Å². The summed E-state index contributed by atoms with van der Waals surface area (Å²) in [6.45, 7) is 15.2. The van der Waals surface area contributed by atoms with Crippen LogP contribution in [0.1, 0.15) is 34.1 Å². The molecule has 3 saturated heterocycles. The molecule has 0 bridgehead atoms. The molecule has 0 aromatic carbocycles. The van der Waals surface area contributed by atoms with Crippen molar-refractivity contribution in [3.05, 3.63) is 0 Å². The van der Waals surface area contributed by atoms with Gasteiger partial charge >= 0.3 is 0 Å². The van der Waals surface area contributed by atoms with Gasteiger partial charge in [-0.3, -0.25) is 9.80 Å². The van der Waals surface area contributed by atoms with Crippen molar-refractivity contribution in [1.29, 1.82) is 0 Å². The van der Waals surface area contributed by atoms with E-state index in [4.69, 9.17) is 9.47 Å². The van der Waals surface area contributed by atoms with Gasteiger partial charge in [-0.15, -0.1) is 0 Å². The Labute approximate surface area is 117 Å². The van der Waals surface area contributed by atoms with Gasteiger partial charge in [0.25, 0.3) is 0 Å². The summed E-state index contributed by atoms with van der Waals surface area (Å²) in [6, 6.07) is 0.653. The molecule has 1 unspecified atom stereocenters. The number of rotatable bonds is 3. The maximum absolute atomic E-state index is 6.34. The Hall–Kier alpha value is -0.160. The van der Waals surface area contributed by atoms with Crippen LogP contribution >= 0.6 is 0 Å². The van der Waals surface area contributed by atoms with Gasteiger partial charge in [0, 0.05) is 44.2 Å². The van der Waals surface area contributed by atoms with Crippen LogP contribution in [0.4, 0.5) is 0 Å². The van der Waals surface area contributed by atoms with Gasteiger partial charge in [-0.1, -0.05) is 0 Å². The molecule has 0 N–H and O–H groups in total. The van der Waals surface area contributed by atoms with Gasteiger partial charge in [-0.2, -0.15) is 0 Å². The van der Waals surface area contributed by atoms with Gasteiger partial charge in [0.15, 0.2) is 0 Å². The van der Waals surface area contributed by atoms with Crippen molar-refractivity contribution >= 4 is 0 Å². The number of hydrogen-bond donors (Lipinski definition) is 0. The molecule has 4 heteroatoms. The summed E-state index contributed by atoms with van der Waals surface area (Å²) in [5.74, 6) is 0. The minimum absolute atomic E-state index is 0.146. The summed E-state index contributed by atoms with van der Waals surface area (Å²) in [5, 5.41) is 0. The fraction of sp³-hybridized carbons (Fsp3) is 1.00. The van der Waals surface area contributed by atoms with Crippen molar-refractivity contribution in [2.75, 3.05) is 39.4 Å². The third-order valence-corrected chi connectivity index (χ3v) is 5.28.